The molecule has 2 N–H and O–H groups in total. The molecule has 0 atom stereocenters. The normalized spacial score (nSPS) is 21.8. The Morgan fingerprint density at radius 2 is 1.95 bits per heavy atom. The minimum Gasteiger partial charge on any atom is -0.381 e. The molecule has 8 heteroatoms. The van der Waals surface area contributed by atoms with Crippen molar-refractivity contribution >= 4 is 15.8 Å². The van der Waals surface area contributed by atoms with E-state index in [4.69, 9.17) is 5.73 Å². The van der Waals surface area contributed by atoms with E-state index < -0.39 is 10.0 Å². The van der Waals surface area contributed by atoms with E-state index in [0.29, 0.717) is 19.6 Å². The van der Waals surface area contributed by atoms with Crippen LogP contribution < -0.4 is 5.73 Å². The van der Waals surface area contributed by atoms with Gasteiger partial charge in [-0.15, -0.1) is 0 Å². The second kappa shape index (κ2) is 5.58. The van der Waals surface area contributed by atoms with E-state index in [2.05, 4.69) is 10.00 Å². The summed E-state index contributed by atoms with van der Waals surface area (Å²) in [7, 11) is -3.52. The molecule has 1 aromatic heterocycles. The Labute approximate surface area is 125 Å². The zero-order valence-corrected chi connectivity index (χ0v) is 13.2. The van der Waals surface area contributed by atoms with Crippen LogP contribution >= 0.6 is 0 Å². The average molecular weight is 313 g/mol. The smallest absolute Gasteiger partial charge is 0.248 e. The minimum absolute atomic E-state index is 0.0947. The van der Waals surface area contributed by atoms with E-state index in [9.17, 15) is 8.42 Å². The van der Waals surface area contributed by atoms with Crippen LogP contribution in [0, 0.1) is 5.92 Å². The van der Waals surface area contributed by atoms with Crippen molar-refractivity contribution in [2.45, 2.75) is 31.2 Å². The quantitative estimate of drug-likeness (QED) is 0.839. The van der Waals surface area contributed by atoms with Gasteiger partial charge in [-0.25, -0.2) is 8.42 Å². The van der Waals surface area contributed by atoms with Gasteiger partial charge in [0.2, 0.25) is 10.0 Å². The van der Waals surface area contributed by atoms with Crippen molar-refractivity contribution in [2.75, 3.05) is 38.5 Å². The maximum Gasteiger partial charge on any atom is 0.248 e. The van der Waals surface area contributed by atoms with Crippen LogP contribution in [0.3, 0.4) is 0 Å². The number of piperazine rings is 1. The van der Waals surface area contributed by atoms with Gasteiger partial charge in [-0.1, -0.05) is 0 Å². The molecule has 0 spiro atoms. The zero-order chi connectivity index (χ0) is 15.0. The monoisotopic (exact) mass is 313 g/mol. The second-order valence-electron chi connectivity index (χ2n) is 5.88. The first kappa shape index (κ1) is 14.8. The van der Waals surface area contributed by atoms with Gasteiger partial charge in [0.25, 0.3) is 0 Å². The summed E-state index contributed by atoms with van der Waals surface area (Å²) in [4.78, 5) is 2.50. The maximum absolute atomic E-state index is 12.7. The van der Waals surface area contributed by atoms with E-state index in [1.165, 1.54) is 23.3 Å². The lowest BCUT2D eigenvalue weighted by molar-refractivity contribution is 0.182. The summed E-state index contributed by atoms with van der Waals surface area (Å²) in [5.41, 5.74) is 5.76. The van der Waals surface area contributed by atoms with Crippen LogP contribution in [0.5, 0.6) is 0 Å². The van der Waals surface area contributed by atoms with Crippen molar-refractivity contribution in [1.29, 1.82) is 0 Å². The highest BCUT2D eigenvalue weighted by Gasteiger charge is 2.33. The molecule has 2 heterocycles. The number of anilines is 1. The molecule has 1 aliphatic carbocycles. The highest BCUT2D eigenvalue weighted by atomic mass is 32.2. The second-order valence-corrected chi connectivity index (χ2v) is 7.79. The number of rotatable bonds is 5. The number of nitrogens with zero attached hydrogens (tertiary/aromatic N) is 4. The number of nitrogens with two attached hydrogens (primary N) is 1. The standard InChI is InChI=1S/C13H23N5O2S/c1-2-17-10-12(13(14)15-17)21(19,20)18-7-5-16(6-8-18)9-11-3-4-11/h10-11H,2-9H2,1H3,(H2,14,15). The van der Waals surface area contributed by atoms with Crippen LogP contribution in [-0.4, -0.2) is 60.1 Å². The molecule has 2 aliphatic rings. The molecule has 7 nitrogen and oxygen atoms in total. The third-order valence-electron chi connectivity index (χ3n) is 4.24. The molecular formula is C13H23N5O2S. The number of nitrogen functional groups attached to an aromatic ring is 1. The summed E-state index contributed by atoms with van der Waals surface area (Å²) in [6, 6.07) is 0. The fraction of sp³-hybridized carbons (Fsp3) is 0.769. The molecule has 1 aliphatic heterocycles. The van der Waals surface area contributed by atoms with Gasteiger partial charge < -0.3 is 10.6 Å². The fourth-order valence-electron chi connectivity index (χ4n) is 2.74. The molecule has 3 rings (SSSR count). The third-order valence-corrected chi connectivity index (χ3v) is 6.16. The van der Waals surface area contributed by atoms with Gasteiger partial charge in [-0.05, 0) is 25.7 Å². The highest BCUT2D eigenvalue weighted by Crippen LogP contribution is 2.30. The van der Waals surface area contributed by atoms with E-state index in [-0.39, 0.29) is 10.7 Å². The van der Waals surface area contributed by atoms with Crippen molar-refractivity contribution in [3.63, 3.8) is 0 Å². The van der Waals surface area contributed by atoms with Gasteiger partial charge >= 0.3 is 0 Å². The molecule has 1 saturated carbocycles. The van der Waals surface area contributed by atoms with Crippen molar-refractivity contribution in [3.8, 4) is 0 Å². The van der Waals surface area contributed by atoms with Crippen molar-refractivity contribution in [1.82, 2.24) is 19.0 Å². The first-order valence-electron chi connectivity index (χ1n) is 7.56. The van der Waals surface area contributed by atoms with Gasteiger partial charge in [0.15, 0.2) is 5.82 Å². The predicted molar refractivity (Wildman–Crippen MR) is 80.2 cm³/mol. The summed E-state index contributed by atoms with van der Waals surface area (Å²) < 4.78 is 28.4. The molecule has 0 aromatic carbocycles. The van der Waals surface area contributed by atoms with E-state index in [1.54, 1.807) is 4.68 Å². The van der Waals surface area contributed by atoms with Crippen molar-refractivity contribution in [2.24, 2.45) is 5.92 Å². The summed E-state index contributed by atoms with van der Waals surface area (Å²) in [5.74, 6) is 0.934. The average Bonchev–Trinajstić information content (AvgIpc) is 3.19. The number of sulfonamides is 1. The van der Waals surface area contributed by atoms with Gasteiger partial charge in [0.05, 0.1) is 0 Å². The maximum atomic E-state index is 12.7. The Balaban J connectivity index is 1.68. The van der Waals surface area contributed by atoms with Crippen molar-refractivity contribution < 1.29 is 8.42 Å². The molecule has 1 saturated heterocycles. The summed E-state index contributed by atoms with van der Waals surface area (Å²) in [6.07, 6.45) is 4.18. The molecule has 0 amide bonds. The molecule has 2 fully saturated rings. The number of aryl methyl sites for hydroxylation is 1. The largest absolute Gasteiger partial charge is 0.381 e. The third kappa shape index (κ3) is 3.07. The lowest BCUT2D eigenvalue weighted by Crippen LogP contribution is -2.49. The van der Waals surface area contributed by atoms with Crippen LogP contribution in [0.2, 0.25) is 0 Å². The molecule has 118 valence electrons. The number of hydrogen-bond donors (Lipinski definition) is 1. The summed E-state index contributed by atoms with van der Waals surface area (Å²) >= 11 is 0. The van der Waals surface area contributed by atoms with E-state index in [1.807, 2.05) is 6.92 Å². The topological polar surface area (TPSA) is 84.5 Å². The Bertz CT molecular complexity index is 600. The van der Waals surface area contributed by atoms with Crippen molar-refractivity contribution in [3.05, 3.63) is 6.20 Å². The van der Waals surface area contributed by atoms with Gasteiger partial charge in [0, 0.05) is 45.5 Å². The summed E-state index contributed by atoms with van der Waals surface area (Å²) in [5, 5.41) is 4.03. The van der Waals surface area contributed by atoms with Crippen LogP contribution in [-0.2, 0) is 16.6 Å². The van der Waals surface area contributed by atoms with Crippen LogP contribution in [0.25, 0.3) is 0 Å². The van der Waals surface area contributed by atoms with Gasteiger partial charge in [-0.2, -0.15) is 9.40 Å². The number of hydrogen-bond acceptors (Lipinski definition) is 5. The molecular weight excluding hydrogens is 290 g/mol. The predicted octanol–water partition coefficient (Wildman–Crippen LogP) is 0.202. The molecule has 0 radical (unpaired) electrons. The minimum atomic E-state index is -3.52. The lowest BCUT2D eigenvalue weighted by Gasteiger charge is -2.33. The Morgan fingerprint density at radius 3 is 2.48 bits per heavy atom. The Hall–Kier alpha value is -1.12. The zero-order valence-electron chi connectivity index (χ0n) is 12.4. The molecule has 0 bridgehead atoms. The first-order chi connectivity index (χ1) is 10.0. The Morgan fingerprint density at radius 1 is 1.29 bits per heavy atom. The van der Waals surface area contributed by atoms with Crippen LogP contribution in [0.1, 0.15) is 19.8 Å². The van der Waals surface area contributed by atoms with E-state index in [0.717, 1.165) is 25.6 Å². The van der Waals surface area contributed by atoms with E-state index >= 15 is 0 Å². The van der Waals surface area contributed by atoms with Crippen LogP contribution in [0.15, 0.2) is 11.1 Å². The Kier molecular flexibility index (Phi) is 3.94. The van der Waals surface area contributed by atoms with Crippen LogP contribution in [0.4, 0.5) is 5.82 Å². The lowest BCUT2D eigenvalue weighted by atomic mass is 10.3. The molecule has 1 aromatic rings. The first-order valence-corrected chi connectivity index (χ1v) is 9.00. The van der Waals surface area contributed by atoms with Gasteiger partial charge in [-0.3, -0.25) is 4.68 Å². The number of aromatic nitrogens is 2. The molecule has 0 unspecified atom stereocenters. The molecule has 21 heavy (non-hydrogen) atoms. The fourth-order valence-corrected chi connectivity index (χ4v) is 4.22. The summed E-state index contributed by atoms with van der Waals surface area (Å²) in [6.45, 7) is 6.30. The van der Waals surface area contributed by atoms with Gasteiger partial charge in [0.1, 0.15) is 4.90 Å². The SMILES string of the molecule is CCn1cc(S(=O)(=O)N2CCN(CC3CC3)CC2)c(N)n1. The highest BCUT2D eigenvalue weighted by molar-refractivity contribution is 7.89.